The largest absolute Gasteiger partial charge is 0.489 e. The van der Waals surface area contributed by atoms with Gasteiger partial charge < -0.3 is 19.6 Å². The molecule has 1 aliphatic carbocycles. The highest BCUT2D eigenvalue weighted by Gasteiger charge is 2.40. The van der Waals surface area contributed by atoms with Gasteiger partial charge in [-0.3, -0.25) is 0 Å². The molecule has 1 saturated carbocycles. The Kier molecular flexibility index (Phi) is 10.8. The maximum absolute atomic E-state index is 11.7. The average molecular weight is 482 g/mol. The fraction of sp³-hybridized carbons (Fsp3) is 0.538. The highest BCUT2D eigenvalue weighted by atomic mass is 35.5. The van der Waals surface area contributed by atoms with Gasteiger partial charge in [0.05, 0.1) is 5.60 Å². The van der Waals surface area contributed by atoms with Gasteiger partial charge in [0, 0.05) is 38.6 Å². The van der Waals surface area contributed by atoms with Crippen molar-refractivity contribution in [3.05, 3.63) is 65.7 Å². The fourth-order valence-electron chi connectivity index (χ4n) is 4.95. The predicted molar refractivity (Wildman–Crippen MR) is 136 cm³/mol. The third kappa shape index (κ3) is 7.10. The second-order valence-electron chi connectivity index (χ2n) is 9.17. The van der Waals surface area contributed by atoms with Crippen LogP contribution in [0.1, 0.15) is 49.1 Å². The number of rotatable bonds is 7. The number of hydrogen-bond acceptors (Lipinski definition) is 4. The van der Waals surface area contributed by atoms with Crippen molar-refractivity contribution in [3.63, 3.8) is 0 Å². The fourth-order valence-corrected chi connectivity index (χ4v) is 4.95. The first-order valence-electron chi connectivity index (χ1n) is 11.5. The highest BCUT2D eigenvalue weighted by Crippen LogP contribution is 2.41. The van der Waals surface area contributed by atoms with Crippen molar-refractivity contribution in [3.8, 4) is 5.75 Å². The molecule has 0 bridgehead atoms. The van der Waals surface area contributed by atoms with Gasteiger partial charge in [-0.15, -0.1) is 24.8 Å². The van der Waals surface area contributed by atoms with Gasteiger partial charge in [0.25, 0.3) is 0 Å². The van der Waals surface area contributed by atoms with Gasteiger partial charge in [-0.05, 0) is 43.1 Å². The lowest BCUT2D eigenvalue weighted by Crippen LogP contribution is -2.50. The number of hydrogen-bond donors (Lipinski definition) is 1. The summed E-state index contributed by atoms with van der Waals surface area (Å²) in [7, 11) is 2.19. The zero-order valence-electron chi connectivity index (χ0n) is 19.1. The minimum atomic E-state index is -0.611. The molecule has 1 aliphatic heterocycles. The Morgan fingerprint density at radius 1 is 0.906 bits per heavy atom. The smallest absolute Gasteiger partial charge is 0.120 e. The predicted octanol–water partition coefficient (Wildman–Crippen LogP) is 5.14. The second-order valence-corrected chi connectivity index (χ2v) is 9.17. The van der Waals surface area contributed by atoms with Gasteiger partial charge in [0.2, 0.25) is 0 Å². The van der Waals surface area contributed by atoms with Crippen LogP contribution in [0.3, 0.4) is 0 Å². The summed E-state index contributed by atoms with van der Waals surface area (Å²) in [5, 5.41) is 11.7. The van der Waals surface area contributed by atoms with Gasteiger partial charge >= 0.3 is 0 Å². The molecule has 2 fully saturated rings. The molecule has 2 aliphatic rings. The van der Waals surface area contributed by atoms with Crippen LogP contribution >= 0.6 is 24.8 Å². The van der Waals surface area contributed by atoms with Gasteiger partial charge in [-0.1, -0.05) is 61.7 Å². The Morgan fingerprint density at radius 2 is 1.59 bits per heavy atom. The lowest BCUT2D eigenvalue weighted by Gasteiger charge is -2.43. The Balaban J connectivity index is 0.00000181. The van der Waals surface area contributed by atoms with Crippen molar-refractivity contribution in [2.45, 2.75) is 50.2 Å². The van der Waals surface area contributed by atoms with Crippen LogP contribution in [0.4, 0.5) is 0 Å². The molecule has 0 amide bonds. The minimum Gasteiger partial charge on any atom is -0.489 e. The molecule has 2 aromatic rings. The normalized spacial score (nSPS) is 19.9. The number of ether oxygens (including phenoxy) is 1. The number of nitrogens with zero attached hydrogens (tertiary/aromatic N) is 2. The van der Waals surface area contributed by atoms with E-state index in [1.165, 1.54) is 17.5 Å². The van der Waals surface area contributed by atoms with E-state index in [1.807, 2.05) is 24.3 Å². The summed E-state index contributed by atoms with van der Waals surface area (Å²) in [5.41, 5.74) is 1.77. The Labute approximate surface area is 205 Å². The summed E-state index contributed by atoms with van der Waals surface area (Å²) in [5.74, 6) is 1.01. The van der Waals surface area contributed by atoms with Crippen molar-refractivity contribution < 1.29 is 9.84 Å². The molecule has 1 unspecified atom stereocenters. The number of halogens is 2. The summed E-state index contributed by atoms with van der Waals surface area (Å²) in [6.45, 7) is 5.85. The summed E-state index contributed by atoms with van der Waals surface area (Å²) >= 11 is 0. The maximum Gasteiger partial charge on any atom is 0.120 e. The quantitative estimate of drug-likeness (QED) is 0.595. The topological polar surface area (TPSA) is 35.9 Å². The van der Waals surface area contributed by atoms with Crippen LogP contribution in [0.15, 0.2) is 54.6 Å². The zero-order chi connectivity index (χ0) is 20.8. The van der Waals surface area contributed by atoms with Crippen LogP contribution < -0.4 is 4.74 Å². The Bertz CT molecular complexity index is 791. The van der Waals surface area contributed by atoms with Gasteiger partial charge in [0.1, 0.15) is 12.4 Å². The van der Waals surface area contributed by atoms with Crippen molar-refractivity contribution in [1.29, 1.82) is 0 Å². The molecule has 178 valence electrons. The van der Waals surface area contributed by atoms with E-state index in [2.05, 4.69) is 47.2 Å². The molecule has 4 rings (SSSR count). The molecule has 0 aromatic heterocycles. The van der Waals surface area contributed by atoms with Crippen molar-refractivity contribution >= 4 is 24.8 Å². The number of benzene rings is 2. The maximum atomic E-state index is 11.7. The molecule has 1 heterocycles. The van der Waals surface area contributed by atoms with E-state index in [4.69, 9.17) is 4.74 Å². The monoisotopic (exact) mass is 480 g/mol. The molecule has 4 nitrogen and oxygen atoms in total. The van der Waals surface area contributed by atoms with E-state index in [0.717, 1.165) is 64.2 Å². The number of aliphatic hydroxyl groups is 1. The van der Waals surface area contributed by atoms with Gasteiger partial charge in [0.15, 0.2) is 0 Å². The number of piperazine rings is 1. The molecule has 1 N–H and O–H groups in total. The molecular weight excluding hydrogens is 443 g/mol. The van der Waals surface area contributed by atoms with Crippen LogP contribution in [-0.4, -0.2) is 60.3 Å². The molecule has 32 heavy (non-hydrogen) atoms. The Hall–Kier alpha value is -1.30. The molecular formula is C26H38Cl2N2O2. The van der Waals surface area contributed by atoms with Crippen LogP contribution in [0.25, 0.3) is 0 Å². The van der Waals surface area contributed by atoms with Crippen LogP contribution in [0.2, 0.25) is 0 Å². The first-order valence-corrected chi connectivity index (χ1v) is 11.5. The first kappa shape index (κ1) is 26.9. The van der Waals surface area contributed by atoms with E-state index < -0.39 is 5.60 Å². The lowest BCUT2D eigenvalue weighted by atomic mass is 9.72. The molecule has 1 saturated heterocycles. The molecule has 1 atom stereocenters. The van der Waals surface area contributed by atoms with E-state index in [9.17, 15) is 5.11 Å². The summed E-state index contributed by atoms with van der Waals surface area (Å²) in [6.07, 6.45) is 5.30. The van der Waals surface area contributed by atoms with E-state index in [-0.39, 0.29) is 30.7 Å². The van der Waals surface area contributed by atoms with Crippen molar-refractivity contribution in [2.75, 3.05) is 39.8 Å². The van der Waals surface area contributed by atoms with Crippen LogP contribution in [0, 0.1) is 0 Å². The standard InChI is InChI=1S/C26H36N2O2.2ClH/c1-27-15-17-28(18-16-27)20-25(26(29)13-6-3-7-14-26)23-11-8-12-24(19-23)30-21-22-9-4-2-5-10-22;;/h2,4-5,8-12,19,25,29H,3,6-7,13-18,20-21H2,1H3;2*1H. The third-order valence-corrected chi connectivity index (χ3v) is 6.91. The molecule has 2 aromatic carbocycles. The third-order valence-electron chi connectivity index (χ3n) is 6.91. The number of likely N-dealkylation sites (N-methyl/N-ethyl adjacent to an activating group) is 1. The Morgan fingerprint density at radius 3 is 2.28 bits per heavy atom. The average Bonchev–Trinajstić information content (AvgIpc) is 2.78. The van der Waals surface area contributed by atoms with Gasteiger partial charge in [-0.25, -0.2) is 0 Å². The van der Waals surface area contributed by atoms with Crippen molar-refractivity contribution in [2.24, 2.45) is 0 Å². The van der Waals surface area contributed by atoms with E-state index in [1.54, 1.807) is 0 Å². The first-order chi connectivity index (χ1) is 14.6. The zero-order valence-corrected chi connectivity index (χ0v) is 20.8. The van der Waals surface area contributed by atoms with Crippen LogP contribution in [-0.2, 0) is 6.61 Å². The lowest BCUT2D eigenvalue weighted by molar-refractivity contribution is -0.0337. The van der Waals surface area contributed by atoms with Crippen molar-refractivity contribution in [1.82, 2.24) is 9.80 Å². The molecule has 6 heteroatoms. The summed E-state index contributed by atoms with van der Waals surface area (Å²) < 4.78 is 6.11. The summed E-state index contributed by atoms with van der Waals surface area (Å²) in [6, 6.07) is 18.7. The van der Waals surface area contributed by atoms with Gasteiger partial charge in [-0.2, -0.15) is 0 Å². The second kappa shape index (κ2) is 12.8. The highest BCUT2D eigenvalue weighted by molar-refractivity contribution is 5.85. The minimum absolute atomic E-state index is 0. The summed E-state index contributed by atoms with van der Waals surface area (Å²) in [4.78, 5) is 4.92. The molecule has 0 radical (unpaired) electrons. The van der Waals surface area contributed by atoms with E-state index in [0.29, 0.717) is 6.61 Å². The SMILES string of the molecule is CN1CCN(CC(c2cccc(OCc3ccccc3)c2)C2(O)CCCCC2)CC1.Cl.Cl. The van der Waals surface area contributed by atoms with Crippen LogP contribution in [0.5, 0.6) is 5.75 Å². The van der Waals surface area contributed by atoms with E-state index >= 15 is 0 Å². The molecule has 0 spiro atoms.